The van der Waals surface area contributed by atoms with Gasteiger partial charge in [-0.3, -0.25) is 0 Å². The normalized spacial score (nSPS) is 13.6. The lowest BCUT2D eigenvalue weighted by Crippen LogP contribution is -2.21. The number of hydrogen-bond acceptors (Lipinski definition) is 2. The second-order valence-electron chi connectivity index (χ2n) is 14.2. The van der Waals surface area contributed by atoms with E-state index in [1.165, 1.54) is 180 Å². The van der Waals surface area contributed by atoms with Crippen molar-refractivity contribution in [3.8, 4) is 0 Å². The van der Waals surface area contributed by atoms with Crippen molar-refractivity contribution < 1.29 is 9.53 Å². The highest BCUT2D eigenvalue weighted by atomic mass is 16.5. The molecule has 2 nitrogen and oxygen atoms in total. The number of carbonyl (C=O) groups excluding carboxylic acids is 1. The standard InChI is InChI=1S/C40H78O2/c1-7-9-11-13-15-17-19-21-23-25-27-29-31-37(5)33-34-39(35-42-40(41)36(3)4)38(6)32-30-28-26-24-22-20-18-16-14-12-10-8-2/h37-39H,3,7-35H2,1-2,4-6H3. The molecule has 0 spiro atoms. The molecule has 3 unspecified atom stereocenters. The van der Waals surface area contributed by atoms with Crippen LogP contribution in [0.1, 0.15) is 214 Å². The van der Waals surface area contributed by atoms with Gasteiger partial charge in [-0.05, 0) is 31.1 Å². The van der Waals surface area contributed by atoms with Gasteiger partial charge in [-0.2, -0.15) is 0 Å². The van der Waals surface area contributed by atoms with Crippen LogP contribution in [-0.4, -0.2) is 12.6 Å². The van der Waals surface area contributed by atoms with Crippen molar-refractivity contribution in [2.75, 3.05) is 6.61 Å². The molecule has 0 aromatic heterocycles. The zero-order chi connectivity index (χ0) is 31.1. The molecule has 0 radical (unpaired) electrons. The van der Waals surface area contributed by atoms with Gasteiger partial charge in [-0.15, -0.1) is 0 Å². The Morgan fingerprint density at radius 3 is 1.26 bits per heavy atom. The van der Waals surface area contributed by atoms with Crippen LogP contribution in [0.3, 0.4) is 0 Å². The van der Waals surface area contributed by atoms with Gasteiger partial charge in [0, 0.05) is 5.57 Å². The Balaban J connectivity index is 4.06. The van der Waals surface area contributed by atoms with E-state index in [1.807, 2.05) is 0 Å². The van der Waals surface area contributed by atoms with E-state index in [0.29, 0.717) is 24.0 Å². The summed E-state index contributed by atoms with van der Waals surface area (Å²) in [5, 5.41) is 0. The Kier molecular flexibility index (Phi) is 31.0. The van der Waals surface area contributed by atoms with Crippen LogP contribution in [0.2, 0.25) is 0 Å². The van der Waals surface area contributed by atoms with Gasteiger partial charge in [0.05, 0.1) is 6.61 Å². The maximum Gasteiger partial charge on any atom is 0.333 e. The number of ether oxygens (including phenoxy) is 1. The van der Waals surface area contributed by atoms with E-state index in [1.54, 1.807) is 6.92 Å². The fraction of sp³-hybridized carbons (Fsp3) is 0.925. The summed E-state index contributed by atoms with van der Waals surface area (Å²) in [5.74, 6) is 1.64. The van der Waals surface area contributed by atoms with Crippen LogP contribution in [0.15, 0.2) is 12.2 Å². The van der Waals surface area contributed by atoms with E-state index in [4.69, 9.17) is 4.74 Å². The highest BCUT2D eigenvalue weighted by molar-refractivity contribution is 5.86. The van der Waals surface area contributed by atoms with Gasteiger partial charge in [0.2, 0.25) is 0 Å². The molecule has 250 valence electrons. The Hall–Kier alpha value is -0.790. The van der Waals surface area contributed by atoms with Crippen molar-refractivity contribution in [1.82, 2.24) is 0 Å². The molecule has 3 atom stereocenters. The summed E-state index contributed by atoms with van der Waals surface area (Å²) in [6.07, 6.45) is 38.9. The van der Waals surface area contributed by atoms with E-state index < -0.39 is 0 Å². The van der Waals surface area contributed by atoms with E-state index in [9.17, 15) is 4.79 Å². The van der Waals surface area contributed by atoms with Gasteiger partial charge in [0.1, 0.15) is 0 Å². The first-order chi connectivity index (χ1) is 20.4. The maximum atomic E-state index is 12.1. The Labute approximate surface area is 266 Å². The molecule has 0 fully saturated rings. The number of rotatable bonds is 33. The second-order valence-corrected chi connectivity index (χ2v) is 14.2. The van der Waals surface area contributed by atoms with Gasteiger partial charge < -0.3 is 4.74 Å². The molecule has 42 heavy (non-hydrogen) atoms. The Morgan fingerprint density at radius 1 is 0.524 bits per heavy atom. The Morgan fingerprint density at radius 2 is 0.881 bits per heavy atom. The lowest BCUT2D eigenvalue weighted by Gasteiger charge is -2.25. The summed E-state index contributed by atoms with van der Waals surface area (Å²) < 4.78 is 5.67. The average Bonchev–Trinajstić information content (AvgIpc) is 2.97. The molecular formula is C40H78O2. The number of esters is 1. The predicted octanol–water partition coefficient (Wildman–Crippen LogP) is 14.0. The third kappa shape index (κ3) is 28.0. The largest absolute Gasteiger partial charge is 0.462 e. The van der Waals surface area contributed by atoms with Crippen molar-refractivity contribution in [3.63, 3.8) is 0 Å². The molecule has 0 heterocycles. The van der Waals surface area contributed by atoms with Crippen molar-refractivity contribution in [1.29, 1.82) is 0 Å². The molecule has 0 N–H and O–H groups in total. The molecule has 0 aliphatic heterocycles. The third-order valence-electron chi connectivity index (χ3n) is 9.68. The topological polar surface area (TPSA) is 26.3 Å². The van der Waals surface area contributed by atoms with Crippen LogP contribution in [0, 0.1) is 17.8 Å². The van der Waals surface area contributed by atoms with Crippen LogP contribution >= 0.6 is 0 Å². The quantitative estimate of drug-likeness (QED) is 0.0431. The fourth-order valence-electron chi connectivity index (χ4n) is 6.36. The van der Waals surface area contributed by atoms with E-state index in [-0.39, 0.29) is 5.97 Å². The monoisotopic (exact) mass is 591 g/mol. The van der Waals surface area contributed by atoms with Gasteiger partial charge in [0.15, 0.2) is 0 Å². The van der Waals surface area contributed by atoms with Gasteiger partial charge in [-0.25, -0.2) is 4.79 Å². The molecule has 0 rings (SSSR count). The highest BCUT2D eigenvalue weighted by Gasteiger charge is 2.20. The van der Waals surface area contributed by atoms with Gasteiger partial charge >= 0.3 is 5.97 Å². The van der Waals surface area contributed by atoms with Crippen molar-refractivity contribution in [2.45, 2.75) is 214 Å². The predicted molar refractivity (Wildman–Crippen MR) is 188 cm³/mol. The summed E-state index contributed by atoms with van der Waals surface area (Å²) >= 11 is 0. The van der Waals surface area contributed by atoms with Crippen molar-refractivity contribution in [2.24, 2.45) is 17.8 Å². The molecule has 0 amide bonds. The molecule has 0 aromatic carbocycles. The summed E-state index contributed by atoms with van der Waals surface area (Å²) in [6.45, 7) is 15.5. The third-order valence-corrected chi connectivity index (χ3v) is 9.68. The molecular weight excluding hydrogens is 512 g/mol. The van der Waals surface area contributed by atoms with E-state index >= 15 is 0 Å². The van der Waals surface area contributed by atoms with E-state index in [0.717, 1.165) is 5.92 Å². The van der Waals surface area contributed by atoms with Crippen LogP contribution in [0.25, 0.3) is 0 Å². The summed E-state index contributed by atoms with van der Waals surface area (Å²) in [4.78, 5) is 12.1. The van der Waals surface area contributed by atoms with Crippen LogP contribution in [-0.2, 0) is 9.53 Å². The summed E-state index contributed by atoms with van der Waals surface area (Å²) in [7, 11) is 0. The molecule has 2 heteroatoms. The number of carbonyl (C=O) groups is 1. The lowest BCUT2D eigenvalue weighted by molar-refractivity contribution is -0.141. The second kappa shape index (κ2) is 31.6. The summed E-state index contributed by atoms with van der Waals surface area (Å²) in [6, 6.07) is 0. The first kappa shape index (κ1) is 41.2. The van der Waals surface area contributed by atoms with Crippen molar-refractivity contribution >= 4 is 5.97 Å². The van der Waals surface area contributed by atoms with Crippen molar-refractivity contribution in [3.05, 3.63) is 12.2 Å². The van der Waals surface area contributed by atoms with Gasteiger partial charge in [-0.1, -0.05) is 208 Å². The van der Waals surface area contributed by atoms with Crippen LogP contribution < -0.4 is 0 Å². The first-order valence-electron chi connectivity index (χ1n) is 19.2. The molecule has 0 saturated carbocycles. The molecule has 0 aromatic rings. The minimum absolute atomic E-state index is 0.220. The zero-order valence-electron chi connectivity index (χ0n) is 29.8. The number of unbranched alkanes of at least 4 members (excludes halogenated alkanes) is 22. The van der Waals surface area contributed by atoms with Crippen LogP contribution in [0.4, 0.5) is 0 Å². The molecule has 0 bridgehead atoms. The molecule has 0 aliphatic rings. The maximum absolute atomic E-state index is 12.1. The average molecular weight is 591 g/mol. The van der Waals surface area contributed by atoms with E-state index in [2.05, 4.69) is 34.3 Å². The number of hydrogen-bond donors (Lipinski definition) is 0. The lowest BCUT2D eigenvalue weighted by atomic mass is 9.83. The smallest absolute Gasteiger partial charge is 0.333 e. The van der Waals surface area contributed by atoms with Gasteiger partial charge in [0.25, 0.3) is 0 Å². The minimum Gasteiger partial charge on any atom is -0.462 e. The van der Waals surface area contributed by atoms with Crippen LogP contribution in [0.5, 0.6) is 0 Å². The first-order valence-corrected chi connectivity index (χ1v) is 19.2. The fourth-order valence-corrected chi connectivity index (χ4v) is 6.36. The molecule has 0 saturated heterocycles. The SMILES string of the molecule is C=C(C)C(=O)OCC(CCC(C)CCCCCCCCCCCCCC)C(C)CCCCCCCCCCCCCC. The zero-order valence-corrected chi connectivity index (χ0v) is 29.8. The minimum atomic E-state index is -0.220. The highest BCUT2D eigenvalue weighted by Crippen LogP contribution is 2.28. The Bertz CT molecular complexity index is 582. The summed E-state index contributed by atoms with van der Waals surface area (Å²) in [5.41, 5.74) is 0.516. The molecule has 0 aliphatic carbocycles.